The number of carbonyl (C=O) groups is 1. The summed E-state index contributed by atoms with van der Waals surface area (Å²) in [4.78, 5) is 12.2. The van der Waals surface area contributed by atoms with Crippen LogP contribution < -0.4 is 5.32 Å². The molecule has 0 aliphatic rings. The lowest BCUT2D eigenvalue weighted by atomic mass is 10.2. The standard InChI is InChI=1S/C18H15Br2NO4/c1-25-16(10-12-8-14(19)17(23)15(20)9-12)18(24)21-7-6-11-2-4-13(22)5-3-11/h2-10,22-23H,1H3,(H,21,24)/b7-6+,16-10-. The molecule has 0 radical (unpaired) electrons. The second-order valence-corrected chi connectivity index (χ2v) is 6.65. The third-order valence-electron chi connectivity index (χ3n) is 3.16. The number of amides is 1. The highest BCUT2D eigenvalue weighted by atomic mass is 79.9. The van der Waals surface area contributed by atoms with Gasteiger partial charge in [0.05, 0.1) is 16.1 Å². The molecule has 1 amide bonds. The van der Waals surface area contributed by atoms with Crippen molar-refractivity contribution in [3.63, 3.8) is 0 Å². The van der Waals surface area contributed by atoms with E-state index < -0.39 is 5.91 Å². The molecule has 0 heterocycles. The van der Waals surface area contributed by atoms with E-state index in [0.717, 1.165) is 5.56 Å². The largest absolute Gasteiger partial charge is 0.508 e. The van der Waals surface area contributed by atoms with E-state index in [-0.39, 0.29) is 17.3 Å². The van der Waals surface area contributed by atoms with Crippen LogP contribution in [0, 0.1) is 0 Å². The summed E-state index contributed by atoms with van der Waals surface area (Å²) in [7, 11) is 1.40. The van der Waals surface area contributed by atoms with E-state index in [0.29, 0.717) is 14.5 Å². The number of methoxy groups -OCH3 is 1. The van der Waals surface area contributed by atoms with Crippen LogP contribution in [-0.2, 0) is 9.53 Å². The van der Waals surface area contributed by atoms with E-state index in [2.05, 4.69) is 37.2 Å². The third-order valence-corrected chi connectivity index (χ3v) is 4.37. The van der Waals surface area contributed by atoms with Crippen LogP contribution in [0.4, 0.5) is 0 Å². The molecule has 0 unspecified atom stereocenters. The number of halogens is 2. The van der Waals surface area contributed by atoms with Crippen LogP contribution in [-0.4, -0.2) is 23.2 Å². The van der Waals surface area contributed by atoms with Crippen molar-refractivity contribution in [2.75, 3.05) is 7.11 Å². The van der Waals surface area contributed by atoms with Gasteiger partial charge in [0.25, 0.3) is 5.91 Å². The van der Waals surface area contributed by atoms with Gasteiger partial charge < -0.3 is 20.3 Å². The molecule has 5 nitrogen and oxygen atoms in total. The van der Waals surface area contributed by atoms with Gasteiger partial charge in [-0.05, 0) is 79.4 Å². The summed E-state index contributed by atoms with van der Waals surface area (Å²) in [6.45, 7) is 0. The second-order valence-electron chi connectivity index (χ2n) is 4.94. The van der Waals surface area contributed by atoms with Gasteiger partial charge in [0.2, 0.25) is 0 Å². The Labute approximate surface area is 161 Å². The number of carbonyl (C=O) groups excluding carboxylic acids is 1. The molecule has 25 heavy (non-hydrogen) atoms. The van der Waals surface area contributed by atoms with Gasteiger partial charge in [-0.25, -0.2) is 0 Å². The minimum atomic E-state index is -0.419. The first-order valence-corrected chi connectivity index (χ1v) is 8.69. The molecular formula is C18H15Br2NO4. The molecule has 3 N–H and O–H groups in total. The van der Waals surface area contributed by atoms with Gasteiger partial charge in [0.1, 0.15) is 11.5 Å². The van der Waals surface area contributed by atoms with E-state index in [1.165, 1.54) is 13.3 Å². The lowest BCUT2D eigenvalue weighted by Crippen LogP contribution is -2.20. The second kappa shape index (κ2) is 8.73. The van der Waals surface area contributed by atoms with Crippen molar-refractivity contribution in [2.24, 2.45) is 0 Å². The van der Waals surface area contributed by atoms with E-state index in [1.54, 1.807) is 48.6 Å². The topological polar surface area (TPSA) is 78.8 Å². The van der Waals surface area contributed by atoms with Crippen molar-refractivity contribution in [2.45, 2.75) is 0 Å². The van der Waals surface area contributed by atoms with Crippen LogP contribution in [0.15, 0.2) is 57.3 Å². The van der Waals surface area contributed by atoms with Gasteiger partial charge in [-0.1, -0.05) is 12.1 Å². The predicted molar refractivity (Wildman–Crippen MR) is 104 cm³/mol. The Bertz CT molecular complexity index is 806. The number of rotatable bonds is 5. The highest BCUT2D eigenvalue weighted by Crippen LogP contribution is 2.34. The first-order valence-electron chi connectivity index (χ1n) is 7.11. The average Bonchev–Trinajstić information content (AvgIpc) is 2.59. The van der Waals surface area contributed by atoms with E-state index in [9.17, 15) is 15.0 Å². The quantitative estimate of drug-likeness (QED) is 0.449. The van der Waals surface area contributed by atoms with E-state index in [4.69, 9.17) is 4.74 Å². The van der Waals surface area contributed by atoms with Crippen molar-refractivity contribution < 1.29 is 19.7 Å². The summed E-state index contributed by atoms with van der Waals surface area (Å²) < 4.78 is 6.13. The number of hydrogen-bond donors (Lipinski definition) is 3. The maximum Gasteiger partial charge on any atom is 0.290 e. The summed E-state index contributed by atoms with van der Waals surface area (Å²) in [5, 5.41) is 21.6. The van der Waals surface area contributed by atoms with Gasteiger partial charge in [-0.2, -0.15) is 0 Å². The maximum atomic E-state index is 12.2. The summed E-state index contributed by atoms with van der Waals surface area (Å²) in [5.74, 6) is -0.0490. The van der Waals surface area contributed by atoms with Crippen LogP contribution in [0.2, 0.25) is 0 Å². The SMILES string of the molecule is CO/C(=C\c1cc(Br)c(O)c(Br)c1)C(=O)N/C=C/c1ccc(O)cc1. The number of hydrogen-bond acceptors (Lipinski definition) is 4. The highest BCUT2D eigenvalue weighted by Gasteiger charge is 2.10. The van der Waals surface area contributed by atoms with Crippen molar-refractivity contribution in [3.05, 3.63) is 68.4 Å². The fraction of sp³-hybridized carbons (Fsp3) is 0.0556. The Balaban J connectivity index is 2.11. The number of phenolic OH excluding ortho intramolecular Hbond substituents is 2. The summed E-state index contributed by atoms with van der Waals surface area (Å²) in [6.07, 6.45) is 4.74. The molecule has 0 atom stereocenters. The average molecular weight is 469 g/mol. The van der Waals surface area contributed by atoms with Gasteiger partial charge >= 0.3 is 0 Å². The number of aromatic hydroxyl groups is 2. The van der Waals surface area contributed by atoms with Crippen LogP contribution in [0.25, 0.3) is 12.2 Å². The van der Waals surface area contributed by atoms with Gasteiger partial charge in [0.15, 0.2) is 5.76 Å². The van der Waals surface area contributed by atoms with Gasteiger partial charge in [0, 0.05) is 6.20 Å². The van der Waals surface area contributed by atoms with Gasteiger partial charge in [-0.3, -0.25) is 4.79 Å². The molecule has 0 aliphatic heterocycles. The minimum absolute atomic E-state index is 0.0809. The van der Waals surface area contributed by atoms with Crippen molar-refractivity contribution in [1.82, 2.24) is 5.32 Å². The monoisotopic (exact) mass is 467 g/mol. The first kappa shape index (κ1) is 19.1. The molecule has 2 aromatic rings. The Morgan fingerprint density at radius 3 is 2.24 bits per heavy atom. The van der Waals surface area contributed by atoms with E-state index >= 15 is 0 Å². The zero-order chi connectivity index (χ0) is 18.4. The van der Waals surface area contributed by atoms with E-state index in [1.807, 2.05) is 0 Å². The number of ether oxygens (including phenoxy) is 1. The fourth-order valence-electron chi connectivity index (χ4n) is 1.91. The molecule has 0 spiro atoms. The summed E-state index contributed by atoms with van der Waals surface area (Å²) in [5.41, 5.74) is 1.50. The van der Waals surface area contributed by atoms with Crippen LogP contribution in [0.3, 0.4) is 0 Å². The van der Waals surface area contributed by atoms with Gasteiger partial charge in [-0.15, -0.1) is 0 Å². The van der Waals surface area contributed by atoms with Crippen molar-refractivity contribution in [1.29, 1.82) is 0 Å². The lowest BCUT2D eigenvalue weighted by molar-refractivity contribution is -0.119. The highest BCUT2D eigenvalue weighted by molar-refractivity contribution is 9.11. The molecule has 0 bridgehead atoms. The Hall–Kier alpha value is -2.25. The zero-order valence-corrected chi connectivity index (χ0v) is 16.3. The Morgan fingerprint density at radius 2 is 1.68 bits per heavy atom. The molecule has 0 aliphatic carbocycles. The molecule has 0 saturated carbocycles. The summed E-state index contributed by atoms with van der Waals surface area (Å²) >= 11 is 6.48. The number of phenols is 2. The van der Waals surface area contributed by atoms with Crippen LogP contribution in [0.5, 0.6) is 11.5 Å². The maximum absolute atomic E-state index is 12.2. The summed E-state index contributed by atoms with van der Waals surface area (Å²) in [6, 6.07) is 9.88. The smallest absolute Gasteiger partial charge is 0.290 e. The Morgan fingerprint density at radius 1 is 1.08 bits per heavy atom. The molecule has 0 aromatic heterocycles. The Kier molecular flexibility index (Phi) is 6.66. The van der Waals surface area contributed by atoms with Crippen molar-refractivity contribution >= 4 is 49.9 Å². The lowest BCUT2D eigenvalue weighted by Gasteiger charge is -2.07. The molecule has 2 aromatic carbocycles. The van der Waals surface area contributed by atoms with Crippen molar-refractivity contribution in [3.8, 4) is 11.5 Å². The fourth-order valence-corrected chi connectivity index (χ4v) is 3.13. The molecule has 130 valence electrons. The molecule has 0 saturated heterocycles. The zero-order valence-electron chi connectivity index (χ0n) is 13.2. The molecular weight excluding hydrogens is 454 g/mol. The normalized spacial score (nSPS) is 11.6. The number of nitrogens with one attached hydrogen (secondary N) is 1. The van der Waals surface area contributed by atoms with Crippen LogP contribution >= 0.6 is 31.9 Å². The predicted octanol–water partition coefficient (Wildman–Crippen LogP) is 4.40. The third kappa shape index (κ3) is 5.37. The molecule has 0 fully saturated rings. The first-order chi connectivity index (χ1) is 11.9. The molecule has 2 rings (SSSR count). The van der Waals surface area contributed by atoms with Crippen LogP contribution in [0.1, 0.15) is 11.1 Å². The minimum Gasteiger partial charge on any atom is -0.508 e. The molecule has 7 heteroatoms. The number of benzene rings is 2.